The van der Waals surface area contributed by atoms with E-state index in [1.165, 1.54) is 30.3 Å². The molecule has 0 aliphatic heterocycles. The second-order valence-electron chi connectivity index (χ2n) is 4.62. The number of benzene rings is 1. The summed E-state index contributed by atoms with van der Waals surface area (Å²) in [5.41, 5.74) is 12.3. The number of halogens is 1. The molecule has 0 saturated carbocycles. The van der Waals surface area contributed by atoms with Crippen molar-refractivity contribution in [2.45, 2.75) is 6.92 Å². The Labute approximate surface area is 126 Å². The Kier molecular flexibility index (Phi) is 4.26. The van der Waals surface area contributed by atoms with Gasteiger partial charge in [0, 0.05) is 5.56 Å². The van der Waals surface area contributed by atoms with Crippen molar-refractivity contribution in [3.8, 4) is 0 Å². The van der Waals surface area contributed by atoms with Crippen molar-refractivity contribution >= 4 is 23.1 Å². The van der Waals surface area contributed by atoms with Crippen LogP contribution in [0.3, 0.4) is 0 Å². The van der Waals surface area contributed by atoms with Crippen LogP contribution in [0.1, 0.15) is 23.9 Å². The SMILES string of the molecule is CC(N)=NC(=N)c1ccc(N)c(C(=N)c2cccc(F)c2)n1. The van der Waals surface area contributed by atoms with Gasteiger partial charge >= 0.3 is 0 Å². The molecule has 112 valence electrons. The van der Waals surface area contributed by atoms with Crippen molar-refractivity contribution in [2.75, 3.05) is 5.73 Å². The molecule has 0 fully saturated rings. The van der Waals surface area contributed by atoms with Crippen molar-refractivity contribution in [1.82, 2.24) is 4.98 Å². The van der Waals surface area contributed by atoms with Crippen LogP contribution < -0.4 is 11.5 Å². The number of nitrogen functional groups attached to an aromatic ring is 1. The molecule has 0 unspecified atom stereocenters. The molecule has 0 saturated heterocycles. The highest BCUT2D eigenvalue weighted by atomic mass is 19.1. The monoisotopic (exact) mass is 298 g/mol. The number of hydrogen-bond donors (Lipinski definition) is 4. The molecule has 1 aromatic heterocycles. The van der Waals surface area contributed by atoms with Gasteiger partial charge in [-0.1, -0.05) is 12.1 Å². The number of pyridine rings is 1. The van der Waals surface area contributed by atoms with E-state index in [0.29, 0.717) is 5.56 Å². The normalized spacial score (nSPS) is 11.3. The van der Waals surface area contributed by atoms with Crippen molar-refractivity contribution < 1.29 is 4.39 Å². The smallest absolute Gasteiger partial charge is 0.172 e. The number of anilines is 1. The highest BCUT2D eigenvalue weighted by Gasteiger charge is 2.13. The van der Waals surface area contributed by atoms with E-state index >= 15 is 0 Å². The first kappa shape index (κ1) is 15.3. The lowest BCUT2D eigenvalue weighted by molar-refractivity contribution is 0.627. The molecule has 0 atom stereocenters. The molecular formula is C15H15FN6. The van der Waals surface area contributed by atoms with Gasteiger partial charge in [-0.25, -0.2) is 14.4 Å². The molecule has 0 bridgehead atoms. The first-order chi connectivity index (χ1) is 10.4. The van der Waals surface area contributed by atoms with E-state index in [0.717, 1.165) is 0 Å². The minimum absolute atomic E-state index is 0.0277. The minimum Gasteiger partial charge on any atom is -0.397 e. The Bertz CT molecular complexity index is 777. The van der Waals surface area contributed by atoms with Crippen LogP contribution in [-0.2, 0) is 0 Å². The van der Waals surface area contributed by atoms with Crippen LogP contribution in [0.15, 0.2) is 41.4 Å². The van der Waals surface area contributed by atoms with Gasteiger partial charge in [0.2, 0.25) is 0 Å². The standard InChI is InChI=1S/C15H15FN6/c1-8(17)21-15(20)12-6-5-11(18)14(22-12)13(19)9-3-2-4-10(16)7-9/h2-7,19H,18H2,1H3,(H3,17,20,21). The maximum Gasteiger partial charge on any atom is 0.172 e. The number of nitrogens with one attached hydrogen (secondary N) is 2. The number of aromatic nitrogens is 1. The van der Waals surface area contributed by atoms with Gasteiger partial charge in [-0.2, -0.15) is 0 Å². The van der Waals surface area contributed by atoms with Gasteiger partial charge in [0.25, 0.3) is 0 Å². The molecule has 0 aliphatic carbocycles. The highest BCUT2D eigenvalue weighted by molar-refractivity contribution is 6.13. The van der Waals surface area contributed by atoms with Gasteiger partial charge in [-0.3, -0.25) is 10.8 Å². The first-order valence-electron chi connectivity index (χ1n) is 6.39. The lowest BCUT2D eigenvalue weighted by atomic mass is 10.1. The minimum atomic E-state index is -0.451. The van der Waals surface area contributed by atoms with Crippen LogP contribution in [0.2, 0.25) is 0 Å². The molecule has 0 radical (unpaired) electrons. The van der Waals surface area contributed by atoms with Crippen LogP contribution >= 0.6 is 0 Å². The molecule has 2 rings (SSSR count). The van der Waals surface area contributed by atoms with Gasteiger partial charge in [-0.15, -0.1) is 0 Å². The van der Waals surface area contributed by atoms with Crippen molar-refractivity contribution in [3.63, 3.8) is 0 Å². The van der Waals surface area contributed by atoms with E-state index in [-0.39, 0.29) is 34.5 Å². The molecule has 6 nitrogen and oxygen atoms in total. The second kappa shape index (κ2) is 6.13. The van der Waals surface area contributed by atoms with Crippen LogP contribution in [0, 0.1) is 16.6 Å². The molecule has 1 heterocycles. The van der Waals surface area contributed by atoms with Gasteiger partial charge in [0.15, 0.2) is 5.84 Å². The summed E-state index contributed by atoms with van der Waals surface area (Å²) in [5.74, 6) is -0.355. The number of nitrogens with two attached hydrogens (primary N) is 2. The molecule has 0 spiro atoms. The maximum absolute atomic E-state index is 13.3. The Morgan fingerprint density at radius 1 is 1.23 bits per heavy atom. The second-order valence-corrected chi connectivity index (χ2v) is 4.62. The molecular weight excluding hydrogens is 283 g/mol. The molecule has 2 aromatic rings. The fourth-order valence-electron chi connectivity index (χ4n) is 1.82. The van der Waals surface area contributed by atoms with E-state index in [4.69, 9.17) is 22.3 Å². The molecule has 0 amide bonds. The summed E-state index contributed by atoms with van der Waals surface area (Å²) in [6, 6.07) is 8.66. The van der Waals surface area contributed by atoms with E-state index in [2.05, 4.69) is 9.98 Å². The number of aliphatic imine (C=N–C) groups is 1. The molecule has 0 aliphatic rings. The Hall–Kier alpha value is -3.09. The third-order valence-electron chi connectivity index (χ3n) is 2.81. The summed E-state index contributed by atoms with van der Waals surface area (Å²) in [7, 11) is 0. The van der Waals surface area contributed by atoms with Crippen molar-refractivity contribution in [3.05, 3.63) is 59.2 Å². The Morgan fingerprint density at radius 3 is 2.59 bits per heavy atom. The summed E-state index contributed by atoms with van der Waals surface area (Å²) in [6.07, 6.45) is 0. The fourth-order valence-corrected chi connectivity index (χ4v) is 1.82. The average molecular weight is 298 g/mol. The van der Waals surface area contributed by atoms with Crippen LogP contribution in [0.5, 0.6) is 0 Å². The highest BCUT2D eigenvalue weighted by Crippen LogP contribution is 2.16. The molecule has 7 heteroatoms. The van der Waals surface area contributed by atoms with Gasteiger partial charge in [0.1, 0.15) is 17.2 Å². The summed E-state index contributed by atoms with van der Waals surface area (Å²) in [6.45, 7) is 1.56. The lowest BCUT2D eigenvalue weighted by Gasteiger charge is -2.09. The van der Waals surface area contributed by atoms with Crippen molar-refractivity contribution in [1.29, 1.82) is 10.8 Å². The summed E-state index contributed by atoms with van der Waals surface area (Å²) >= 11 is 0. The summed E-state index contributed by atoms with van der Waals surface area (Å²) < 4.78 is 13.3. The number of rotatable bonds is 3. The zero-order chi connectivity index (χ0) is 16.3. The Balaban J connectivity index is 2.45. The maximum atomic E-state index is 13.3. The van der Waals surface area contributed by atoms with Gasteiger partial charge in [0.05, 0.1) is 17.2 Å². The first-order valence-corrected chi connectivity index (χ1v) is 6.39. The van der Waals surface area contributed by atoms with Gasteiger partial charge in [-0.05, 0) is 31.2 Å². The fraction of sp³-hybridized carbons (Fsp3) is 0.0667. The zero-order valence-corrected chi connectivity index (χ0v) is 11.9. The third kappa shape index (κ3) is 3.32. The largest absolute Gasteiger partial charge is 0.397 e. The van der Waals surface area contributed by atoms with Crippen molar-refractivity contribution in [2.24, 2.45) is 10.7 Å². The van der Waals surface area contributed by atoms with E-state index in [1.807, 2.05) is 0 Å². The number of hydrogen-bond acceptors (Lipinski definition) is 4. The number of amidine groups is 2. The quantitative estimate of drug-likeness (QED) is 0.511. The predicted octanol–water partition coefficient (Wildman–Crippen LogP) is 1.92. The van der Waals surface area contributed by atoms with E-state index in [1.54, 1.807) is 13.0 Å². The van der Waals surface area contributed by atoms with Crippen LogP contribution in [-0.4, -0.2) is 22.4 Å². The lowest BCUT2D eigenvalue weighted by Crippen LogP contribution is -2.14. The molecule has 1 aromatic carbocycles. The Morgan fingerprint density at radius 2 is 1.95 bits per heavy atom. The molecule has 6 N–H and O–H groups in total. The predicted molar refractivity (Wildman–Crippen MR) is 85.1 cm³/mol. The average Bonchev–Trinajstić information content (AvgIpc) is 2.46. The van der Waals surface area contributed by atoms with Crippen LogP contribution in [0.25, 0.3) is 0 Å². The van der Waals surface area contributed by atoms with Gasteiger partial charge < -0.3 is 11.5 Å². The van der Waals surface area contributed by atoms with Crippen LogP contribution in [0.4, 0.5) is 10.1 Å². The summed E-state index contributed by atoms with van der Waals surface area (Å²) in [4.78, 5) is 7.98. The summed E-state index contributed by atoms with van der Waals surface area (Å²) in [5, 5.41) is 16.0. The number of nitrogens with zero attached hydrogens (tertiary/aromatic N) is 2. The third-order valence-corrected chi connectivity index (χ3v) is 2.81. The molecule has 22 heavy (non-hydrogen) atoms. The topological polar surface area (TPSA) is 125 Å². The van der Waals surface area contributed by atoms with E-state index < -0.39 is 5.82 Å². The van der Waals surface area contributed by atoms with E-state index in [9.17, 15) is 4.39 Å². The zero-order valence-electron chi connectivity index (χ0n) is 11.9.